The molecule has 3 unspecified atom stereocenters. The molecule has 0 heterocycles. The van der Waals surface area contributed by atoms with E-state index in [9.17, 15) is 4.79 Å². The van der Waals surface area contributed by atoms with Crippen LogP contribution in [0.25, 0.3) is 0 Å². The fourth-order valence-corrected chi connectivity index (χ4v) is 9.89. The Hall–Kier alpha value is -1.13. The van der Waals surface area contributed by atoms with Crippen LogP contribution in [0.1, 0.15) is 66.2 Å². The summed E-state index contributed by atoms with van der Waals surface area (Å²) in [5.74, 6) is 1.84. The normalized spacial score (nSPS) is 35.6. The van der Waals surface area contributed by atoms with Gasteiger partial charge in [0.15, 0.2) is 0 Å². The first kappa shape index (κ1) is 26.5. The van der Waals surface area contributed by atoms with E-state index in [-0.39, 0.29) is 36.4 Å². The van der Waals surface area contributed by atoms with Gasteiger partial charge in [0.2, 0.25) is 0 Å². The van der Waals surface area contributed by atoms with Gasteiger partial charge in [-0.15, -0.1) is 0 Å². The van der Waals surface area contributed by atoms with Crippen LogP contribution in [-0.4, -0.2) is 40.9 Å². The van der Waals surface area contributed by atoms with Crippen molar-refractivity contribution in [2.75, 3.05) is 6.61 Å². The van der Waals surface area contributed by atoms with Gasteiger partial charge < -0.3 is 0 Å². The quantitative estimate of drug-likeness (QED) is 0.266. The van der Waals surface area contributed by atoms with Crippen LogP contribution >= 0.6 is 0 Å². The van der Waals surface area contributed by atoms with E-state index in [1.54, 1.807) is 5.57 Å². The van der Waals surface area contributed by atoms with Crippen molar-refractivity contribution in [3.05, 3.63) is 54.1 Å². The maximum atomic E-state index is 12.8. The van der Waals surface area contributed by atoms with Gasteiger partial charge in [-0.2, -0.15) is 0 Å². The number of ether oxygens (including phenoxy) is 1. The summed E-state index contributed by atoms with van der Waals surface area (Å²) in [6.07, 6.45) is 14.5. The molecule has 1 aromatic carbocycles. The van der Waals surface area contributed by atoms with Gasteiger partial charge in [0.05, 0.1) is 0 Å². The molecule has 1 aromatic rings. The Balaban J connectivity index is 1.27. The first-order chi connectivity index (χ1) is 16.9. The predicted octanol–water partition coefficient (Wildman–Crippen LogP) is 7.26. The van der Waals surface area contributed by atoms with Gasteiger partial charge in [0.1, 0.15) is 0 Å². The van der Waals surface area contributed by atoms with E-state index >= 15 is 0 Å². The monoisotopic (exact) mass is 572 g/mol. The number of allylic oxidation sites excluding steroid dienone is 3. The van der Waals surface area contributed by atoms with Crippen LogP contribution in [-0.2, 0) is 9.16 Å². The zero-order chi connectivity index (χ0) is 25.8. The second kappa shape index (κ2) is 9.56. The molecule has 5 heteroatoms. The van der Waals surface area contributed by atoms with E-state index in [4.69, 9.17) is 9.16 Å². The Morgan fingerprint density at radius 3 is 2.58 bits per heavy atom. The van der Waals surface area contributed by atoms with Gasteiger partial charge in [-0.1, -0.05) is 20.8 Å². The Bertz CT molecular complexity index is 1040. The summed E-state index contributed by atoms with van der Waals surface area (Å²) < 4.78 is 13.9. The second-order valence-corrected chi connectivity index (χ2v) is 20.5. The van der Waals surface area contributed by atoms with Crippen LogP contribution in [0.3, 0.4) is 0 Å². The number of benzene rings is 1. The SMILES string of the molecule is CC(C)(C)[Si](C)(C)OCC1C[C@@]23CCC4=CC[C@H](OC(=O)[Se]c5ccccc5)C[C@@]4(C)C2C=CC1C3. The standard InChI is InChI=1S/C31H44O3SeSi/c1-29(2,3)36(5,6)33-21-23-19-31-17-16-24-13-14-25(34-28(32)35-26-10-8-7-9-11-26)20-30(24,4)27(31)15-12-22(23)18-31/h7-13,15,22-23,25,27H,14,16-21H2,1-6H3/t22?,23?,25-,27?,30+,31-/m0/s1. The third kappa shape index (κ3) is 4.86. The van der Waals surface area contributed by atoms with E-state index in [0.29, 0.717) is 23.2 Å². The molecule has 2 fully saturated rings. The van der Waals surface area contributed by atoms with Crippen LogP contribution in [0.5, 0.6) is 0 Å². The summed E-state index contributed by atoms with van der Waals surface area (Å²) in [7, 11) is -1.74. The molecule has 36 heavy (non-hydrogen) atoms. The Morgan fingerprint density at radius 2 is 1.86 bits per heavy atom. The molecular formula is C31H44O3SeSi. The molecule has 4 aliphatic rings. The summed E-state index contributed by atoms with van der Waals surface area (Å²) in [4.78, 5) is 12.7. The molecule has 3 nitrogen and oxygen atoms in total. The number of rotatable bonds is 6. The van der Waals surface area contributed by atoms with Crippen molar-refractivity contribution >= 4 is 32.6 Å². The van der Waals surface area contributed by atoms with E-state index in [0.717, 1.165) is 23.9 Å². The fourth-order valence-electron chi connectivity index (χ4n) is 7.42. The molecule has 0 aromatic heterocycles. The van der Waals surface area contributed by atoms with Crippen molar-refractivity contribution in [1.82, 2.24) is 0 Å². The number of hydrogen-bond acceptors (Lipinski definition) is 3. The first-order valence-corrected chi connectivity index (χ1v) is 18.5. The van der Waals surface area contributed by atoms with Crippen LogP contribution in [0.2, 0.25) is 18.1 Å². The van der Waals surface area contributed by atoms with Crippen LogP contribution in [0, 0.1) is 28.6 Å². The van der Waals surface area contributed by atoms with E-state index in [1.807, 2.05) is 30.3 Å². The molecule has 0 aliphatic heterocycles. The van der Waals surface area contributed by atoms with Crippen molar-refractivity contribution in [3.63, 3.8) is 0 Å². The molecule has 196 valence electrons. The second-order valence-electron chi connectivity index (χ2n) is 13.6. The van der Waals surface area contributed by atoms with Crippen LogP contribution in [0.15, 0.2) is 54.1 Å². The Morgan fingerprint density at radius 1 is 1.11 bits per heavy atom. The molecule has 0 saturated heterocycles. The average molecular weight is 572 g/mol. The van der Waals surface area contributed by atoms with Gasteiger partial charge in [-0.25, -0.2) is 0 Å². The molecule has 0 amide bonds. The number of carbonyl (C=O) groups excluding carboxylic acids is 1. The third-order valence-electron chi connectivity index (χ3n) is 10.4. The Kier molecular flexibility index (Phi) is 7.03. The zero-order valence-corrected chi connectivity index (χ0v) is 25.7. The van der Waals surface area contributed by atoms with E-state index in [1.165, 1.54) is 25.7 Å². The number of carbonyl (C=O) groups is 1. The molecule has 1 spiro atoms. The van der Waals surface area contributed by atoms with E-state index < -0.39 is 8.32 Å². The van der Waals surface area contributed by atoms with Crippen LogP contribution < -0.4 is 4.46 Å². The summed E-state index contributed by atoms with van der Waals surface area (Å²) in [5, 5.41) is 0.256. The third-order valence-corrected chi connectivity index (χ3v) is 16.5. The number of fused-ring (bicyclic) bond motifs is 3. The molecule has 6 atom stereocenters. The van der Waals surface area contributed by atoms with Crippen LogP contribution in [0.4, 0.5) is 4.79 Å². The molecular weight excluding hydrogens is 527 g/mol. The van der Waals surface area contributed by atoms with Gasteiger partial charge in [-0.3, -0.25) is 0 Å². The van der Waals surface area contributed by atoms with Gasteiger partial charge in [-0.05, 0) is 18.1 Å². The van der Waals surface area contributed by atoms with Crippen molar-refractivity contribution in [2.45, 2.75) is 90.5 Å². The molecule has 0 N–H and O–H groups in total. The fraction of sp³-hybridized carbons (Fsp3) is 0.645. The molecule has 4 aliphatic carbocycles. The van der Waals surface area contributed by atoms with Crippen molar-refractivity contribution in [2.24, 2.45) is 28.6 Å². The van der Waals surface area contributed by atoms with Crippen molar-refractivity contribution < 1.29 is 14.0 Å². The zero-order valence-electron chi connectivity index (χ0n) is 23.0. The minimum atomic E-state index is -1.74. The summed E-state index contributed by atoms with van der Waals surface area (Å²) in [6.45, 7) is 15.2. The van der Waals surface area contributed by atoms with Gasteiger partial charge >= 0.3 is 187 Å². The van der Waals surface area contributed by atoms with E-state index in [2.05, 4.69) is 59.0 Å². The predicted molar refractivity (Wildman–Crippen MR) is 151 cm³/mol. The van der Waals surface area contributed by atoms with Crippen molar-refractivity contribution in [3.8, 4) is 0 Å². The van der Waals surface area contributed by atoms with Gasteiger partial charge in [0.25, 0.3) is 0 Å². The maximum absolute atomic E-state index is 12.8. The summed E-state index contributed by atoms with van der Waals surface area (Å²) in [5.41, 5.74) is 2.09. The molecule has 2 saturated carbocycles. The molecule has 0 radical (unpaired) electrons. The molecule has 2 bridgehead atoms. The molecule has 5 rings (SSSR count). The number of hydrogen-bond donors (Lipinski definition) is 0. The van der Waals surface area contributed by atoms with Crippen molar-refractivity contribution in [1.29, 1.82) is 0 Å². The Labute approximate surface area is 225 Å². The topological polar surface area (TPSA) is 35.5 Å². The summed E-state index contributed by atoms with van der Waals surface area (Å²) in [6, 6.07) is 10.0. The minimum absolute atomic E-state index is 0.00257. The first-order valence-electron chi connectivity index (χ1n) is 13.9. The van der Waals surface area contributed by atoms with Gasteiger partial charge in [0, 0.05) is 0 Å². The summed E-state index contributed by atoms with van der Waals surface area (Å²) >= 11 is -0.277. The average Bonchev–Trinajstić information content (AvgIpc) is 3.06.